The van der Waals surface area contributed by atoms with E-state index in [1.54, 1.807) is 12.4 Å². The number of nitrogens with zero attached hydrogens (tertiary/aromatic N) is 3. The number of fused-ring (bicyclic) bond motifs is 1. The van der Waals surface area contributed by atoms with Gasteiger partial charge in [-0.05, 0) is 37.5 Å². The van der Waals surface area contributed by atoms with Crippen LogP contribution in [0, 0.1) is 0 Å². The van der Waals surface area contributed by atoms with Gasteiger partial charge in [-0.2, -0.15) is 5.10 Å². The Hall–Kier alpha value is -2.98. The molecule has 0 bridgehead atoms. The van der Waals surface area contributed by atoms with Gasteiger partial charge in [0.15, 0.2) is 9.84 Å². The molecule has 0 spiro atoms. The maximum atomic E-state index is 13.2. The van der Waals surface area contributed by atoms with Crippen molar-refractivity contribution >= 4 is 32.3 Å². The van der Waals surface area contributed by atoms with E-state index in [4.69, 9.17) is 0 Å². The second-order valence-corrected chi connectivity index (χ2v) is 11.5. The van der Waals surface area contributed by atoms with Gasteiger partial charge in [0.1, 0.15) is 0 Å². The summed E-state index contributed by atoms with van der Waals surface area (Å²) in [5, 5.41) is 14.4. The van der Waals surface area contributed by atoms with Crippen molar-refractivity contribution in [1.82, 2.24) is 25.4 Å². The van der Waals surface area contributed by atoms with E-state index in [2.05, 4.69) is 37.6 Å². The quantitative estimate of drug-likeness (QED) is 0.485. The lowest BCUT2D eigenvalue weighted by Gasteiger charge is -2.26. The normalized spacial score (nSPS) is 19.3. The molecule has 3 aromatic rings. The molecule has 3 N–H and O–H groups in total. The minimum absolute atomic E-state index is 0.0196. The molecular weight excluding hydrogens is 440 g/mol. The zero-order valence-corrected chi connectivity index (χ0v) is 19.4. The number of benzene rings is 1. The van der Waals surface area contributed by atoms with Crippen LogP contribution in [0.15, 0.2) is 36.8 Å². The molecular formula is C23H28N6O3S. The van der Waals surface area contributed by atoms with Gasteiger partial charge in [-0.15, -0.1) is 0 Å². The lowest BCUT2D eigenvalue weighted by Crippen LogP contribution is -2.43. The van der Waals surface area contributed by atoms with Crippen LogP contribution in [0.2, 0.25) is 0 Å². The van der Waals surface area contributed by atoms with Gasteiger partial charge in [-0.25, -0.2) is 8.42 Å². The molecule has 5 rings (SSSR count). The Kier molecular flexibility index (Phi) is 5.57. The molecule has 174 valence electrons. The molecule has 2 fully saturated rings. The van der Waals surface area contributed by atoms with Crippen molar-refractivity contribution < 1.29 is 13.2 Å². The molecule has 1 aliphatic carbocycles. The number of amides is 1. The SMILES string of the molecule is CC1(Nc2c(C(=O)NCCN3CCS(=O)(=O)CC3)cnc3ccc(-c4cn[nH]c4)cc23)CC1. The summed E-state index contributed by atoms with van der Waals surface area (Å²) in [7, 11) is -2.91. The Labute approximate surface area is 192 Å². The number of aromatic amines is 1. The Balaban J connectivity index is 1.38. The Morgan fingerprint density at radius 2 is 1.97 bits per heavy atom. The van der Waals surface area contributed by atoms with Gasteiger partial charge >= 0.3 is 0 Å². The van der Waals surface area contributed by atoms with Crippen molar-refractivity contribution in [3.8, 4) is 11.1 Å². The van der Waals surface area contributed by atoms with E-state index in [1.165, 1.54) is 0 Å². The standard InChI is InChI=1S/C23H28N6O3S/c1-23(4-5-23)28-21-18-12-16(17-13-26-27-14-17)2-3-20(18)25-15-19(21)22(30)24-6-7-29-8-10-33(31,32)11-9-29/h2-3,12-15H,4-11H2,1H3,(H,24,30)(H,25,28)(H,26,27). The van der Waals surface area contributed by atoms with Crippen LogP contribution < -0.4 is 10.6 Å². The average molecular weight is 469 g/mol. The second-order valence-electron chi connectivity index (χ2n) is 9.20. The van der Waals surface area contributed by atoms with Crippen LogP contribution in [0.5, 0.6) is 0 Å². The summed E-state index contributed by atoms with van der Waals surface area (Å²) in [6.07, 6.45) is 7.35. The predicted octanol–water partition coefficient (Wildman–Crippen LogP) is 2.05. The molecule has 1 aliphatic heterocycles. The highest BCUT2D eigenvalue weighted by Gasteiger charge is 2.38. The number of rotatable bonds is 7. The zero-order valence-electron chi connectivity index (χ0n) is 18.6. The maximum absolute atomic E-state index is 13.2. The molecule has 33 heavy (non-hydrogen) atoms. The van der Waals surface area contributed by atoms with Crippen molar-refractivity contribution in [2.24, 2.45) is 0 Å². The van der Waals surface area contributed by atoms with Crippen LogP contribution in [-0.4, -0.2) is 77.6 Å². The third-order valence-electron chi connectivity index (χ3n) is 6.52. The highest BCUT2D eigenvalue weighted by molar-refractivity contribution is 7.91. The molecule has 0 radical (unpaired) electrons. The average Bonchev–Trinajstić information content (AvgIpc) is 3.28. The Bertz CT molecular complexity index is 1270. The summed E-state index contributed by atoms with van der Waals surface area (Å²) in [5.41, 5.74) is 4.08. The molecule has 1 saturated carbocycles. The zero-order chi connectivity index (χ0) is 23.1. The van der Waals surface area contributed by atoms with Gasteiger partial charge in [0.05, 0.1) is 34.5 Å². The number of anilines is 1. The van der Waals surface area contributed by atoms with Gasteiger partial charge in [0.25, 0.3) is 5.91 Å². The first-order valence-corrected chi connectivity index (χ1v) is 13.1. The highest BCUT2D eigenvalue weighted by atomic mass is 32.2. The van der Waals surface area contributed by atoms with E-state index in [0.717, 1.165) is 40.6 Å². The van der Waals surface area contributed by atoms with Crippen LogP contribution in [0.3, 0.4) is 0 Å². The predicted molar refractivity (Wildman–Crippen MR) is 128 cm³/mol. The number of sulfone groups is 1. The smallest absolute Gasteiger partial charge is 0.255 e. The number of hydrogen-bond acceptors (Lipinski definition) is 7. The summed E-state index contributed by atoms with van der Waals surface area (Å²) in [6.45, 7) is 4.25. The molecule has 3 heterocycles. The van der Waals surface area contributed by atoms with Crippen LogP contribution in [0.25, 0.3) is 22.0 Å². The van der Waals surface area contributed by atoms with Gasteiger partial charge < -0.3 is 10.6 Å². The lowest BCUT2D eigenvalue weighted by molar-refractivity contribution is 0.0949. The molecule has 0 unspecified atom stereocenters. The number of aromatic nitrogens is 3. The summed E-state index contributed by atoms with van der Waals surface area (Å²) < 4.78 is 23.2. The van der Waals surface area contributed by atoms with Gasteiger partial charge in [-0.3, -0.25) is 19.8 Å². The van der Waals surface area contributed by atoms with E-state index < -0.39 is 9.84 Å². The molecule has 1 amide bonds. The Morgan fingerprint density at radius 1 is 1.18 bits per heavy atom. The molecule has 1 aromatic carbocycles. The van der Waals surface area contributed by atoms with Crippen LogP contribution >= 0.6 is 0 Å². The minimum atomic E-state index is -2.91. The third kappa shape index (κ3) is 4.86. The molecule has 2 aromatic heterocycles. The van der Waals surface area contributed by atoms with Crippen molar-refractivity contribution in [3.05, 3.63) is 42.4 Å². The molecule has 2 aliphatic rings. The summed E-state index contributed by atoms with van der Waals surface area (Å²) in [5.74, 6) is 0.178. The number of pyridine rings is 1. The minimum Gasteiger partial charge on any atom is -0.379 e. The van der Waals surface area contributed by atoms with Gasteiger partial charge in [-0.1, -0.05) is 6.07 Å². The third-order valence-corrected chi connectivity index (χ3v) is 8.13. The van der Waals surface area contributed by atoms with Gasteiger partial charge in [0.2, 0.25) is 0 Å². The van der Waals surface area contributed by atoms with E-state index in [9.17, 15) is 13.2 Å². The fraction of sp³-hybridized carbons (Fsp3) is 0.435. The highest BCUT2D eigenvalue weighted by Crippen LogP contribution is 2.41. The number of H-pyrrole nitrogens is 1. The summed E-state index contributed by atoms with van der Waals surface area (Å²) >= 11 is 0. The van der Waals surface area contributed by atoms with Crippen LogP contribution in [0.4, 0.5) is 5.69 Å². The van der Waals surface area contributed by atoms with Gasteiger partial charge in [0, 0.05) is 55.1 Å². The molecule has 1 saturated heterocycles. The van der Waals surface area contributed by atoms with Crippen molar-refractivity contribution in [1.29, 1.82) is 0 Å². The number of nitrogens with one attached hydrogen (secondary N) is 3. The fourth-order valence-electron chi connectivity index (χ4n) is 4.10. The summed E-state index contributed by atoms with van der Waals surface area (Å²) in [4.78, 5) is 19.8. The van der Waals surface area contributed by atoms with E-state index in [0.29, 0.717) is 31.7 Å². The van der Waals surface area contributed by atoms with Crippen LogP contribution in [0.1, 0.15) is 30.1 Å². The van der Waals surface area contributed by atoms with E-state index in [-0.39, 0.29) is 23.0 Å². The first-order valence-electron chi connectivity index (χ1n) is 11.2. The van der Waals surface area contributed by atoms with E-state index >= 15 is 0 Å². The number of hydrogen-bond donors (Lipinski definition) is 3. The topological polar surface area (TPSA) is 120 Å². The molecule has 0 atom stereocenters. The Morgan fingerprint density at radius 3 is 2.67 bits per heavy atom. The molecule has 9 nitrogen and oxygen atoms in total. The monoisotopic (exact) mass is 468 g/mol. The fourth-order valence-corrected chi connectivity index (χ4v) is 5.38. The lowest BCUT2D eigenvalue weighted by atomic mass is 10.0. The number of carbonyl (C=O) groups excluding carboxylic acids is 1. The largest absolute Gasteiger partial charge is 0.379 e. The van der Waals surface area contributed by atoms with Crippen LogP contribution in [-0.2, 0) is 9.84 Å². The maximum Gasteiger partial charge on any atom is 0.255 e. The second kappa shape index (κ2) is 8.42. The van der Waals surface area contributed by atoms with Crippen molar-refractivity contribution in [3.63, 3.8) is 0 Å². The molecule has 10 heteroatoms. The van der Waals surface area contributed by atoms with Crippen molar-refractivity contribution in [2.45, 2.75) is 25.3 Å². The first kappa shape index (κ1) is 21.8. The number of carbonyl (C=O) groups is 1. The van der Waals surface area contributed by atoms with Crippen molar-refractivity contribution in [2.75, 3.05) is 43.0 Å². The summed E-state index contributed by atoms with van der Waals surface area (Å²) in [6, 6.07) is 6.01. The van der Waals surface area contributed by atoms with E-state index in [1.807, 2.05) is 24.4 Å². The first-order chi connectivity index (χ1) is 15.8.